The summed E-state index contributed by atoms with van der Waals surface area (Å²) in [6, 6.07) is 14.6. The third-order valence-corrected chi connectivity index (χ3v) is 5.89. The Morgan fingerprint density at radius 2 is 1.82 bits per heavy atom. The summed E-state index contributed by atoms with van der Waals surface area (Å²) in [6.07, 6.45) is 2.51. The molecule has 6 heteroatoms. The maximum atomic E-state index is 13.3. The number of carbonyl (C=O) groups is 2. The van der Waals surface area contributed by atoms with Crippen molar-refractivity contribution in [2.24, 2.45) is 0 Å². The highest BCUT2D eigenvalue weighted by molar-refractivity contribution is 6.33. The molecule has 0 radical (unpaired) electrons. The van der Waals surface area contributed by atoms with Crippen molar-refractivity contribution in [3.8, 4) is 0 Å². The van der Waals surface area contributed by atoms with Gasteiger partial charge in [-0.25, -0.2) is 0 Å². The zero-order chi connectivity index (χ0) is 19.5. The van der Waals surface area contributed by atoms with Crippen LogP contribution in [0.1, 0.15) is 34.3 Å². The van der Waals surface area contributed by atoms with Crippen LogP contribution in [0.25, 0.3) is 0 Å². The minimum absolute atomic E-state index is 0.0939. The van der Waals surface area contributed by atoms with Gasteiger partial charge < -0.3 is 15.5 Å². The molecule has 2 heterocycles. The van der Waals surface area contributed by atoms with E-state index in [-0.39, 0.29) is 17.9 Å². The summed E-state index contributed by atoms with van der Waals surface area (Å²) in [5, 5.41) is 6.86. The van der Waals surface area contributed by atoms with Gasteiger partial charge in [0.15, 0.2) is 0 Å². The van der Waals surface area contributed by atoms with Gasteiger partial charge in [-0.1, -0.05) is 48.0 Å². The number of benzene rings is 2. The lowest BCUT2D eigenvalue weighted by Gasteiger charge is -2.37. The molecule has 0 saturated carbocycles. The maximum Gasteiger partial charge on any atom is 0.256 e. The van der Waals surface area contributed by atoms with Crippen LogP contribution in [0.5, 0.6) is 0 Å². The standard InChI is InChI=1S/C22H24ClN3O2/c23-19-10-4-3-9-18(19)22(28)26-14-16-7-2-1-6-15(16)12-20(26)21(27)25-17-8-5-11-24-13-17/h1-4,6-7,9-10,17,20,24H,5,8,11-14H2,(H,25,27). The van der Waals surface area contributed by atoms with Gasteiger partial charge in [-0.05, 0) is 42.6 Å². The van der Waals surface area contributed by atoms with Crippen molar-refractivity contribution in [1.82, 2.24) is 15.5 Å². The van der Waals surface area contributed by atoms with Crippen molar-refractivity contribution in [3.63, 3.8) is 0 Å². The Bertz CT molecular complexity index is 880. The molecule has 2 aromatic rings. The first-order valence-corrected chi connectivity index (χ1v) is 10.1. The molecule has 2 unspecified atom stereocenters. The Balaban J connectivity index is 1.62. The molecule has 2 aromatic carbocycles. The molecule has 0 aromatic heterocycles. The molecule has 2 amide bonds. The van der Waals surface area contributed by atoms with E-state index in [9.17, 15) is 9.59 Å². The second-order valence-corrected chi connectivity index (χ2v) is 7.86. The van der Waals surface area contributed by atoms with Crippen molar-refractivity contribution in [1.29, 1.82) is 0 Å². The topological polar surface area (TPSA) is 61.4 Å². The van der Waals surface area contributed by atoms with Crippen LogP contribution in [0.4, 0.5) is 0 Å². The highest BCUT2D eigenvalue weighted by atomic mass is 35.5. The molecule has 1 saturated heterocycles. The van der Waals surface area contributed by atoms with E-state index in [0.29, 0.717) is 23.6 Å². The average molecular weight is 398 g/mol. The third-order valence-electron chi connectivity index (χ3n) is 5.56. The van der Waals surface area contributed by atoms with Crippen molar-refractivity contribution < 1.29 is 9.59 Å². The summed E-state index contributed by atoms with van der Waals surface area (Å²) in [5.74, 6) is -0.300. The van der Waals surface area contributed by atoms with Crippen LogP contribution >= 0.6 is 11.6 Å². The van der Waals surface area contributed by atoms with Gasteiger partial charge in [0.05, 0.1) is 10.6 Å². The van der Waals surface area contributed by atoms with Gasteiger partial charge in [-0.2, -0.15) is 0 Å². The van der Waals surface area contributed by atoms with E-state index in [1.165, 1.54) is 0 Å². The van der Waals surface area contributed by atoms with Crippen molar-refractivity contribution in [2.45, 2.75) is 37.9 Å². The number of carbonyl (C=O) groups excluding carboxylic acids is 2. The number of hydrogen-bond donors (Lipinski definition) is 2. The van der Waals surface area contributed by atoms with Crippen LogP contribution in [-0.2, 0) is 17.8 Å². The van der Waals surface area contributed by atoms with E-state index in [1.807, 2.05) is 24.3 Å². The lowest BCUT2D eigenvalue weighted by Crippen LogP contribution is -2.56. The Kier molecular flexibility index (Phi) is 5.64. The number of rotatable bonds is 3. The molecule has 2 N–H and O–H groups in total. The second kappa shape index (κ2) is 8.33. The predicted octanol–water partition coefficient (Wildman–Crippen LogP) is 2.78. The summed E-state index contributed by atoms with van der Waals surface area (Å²) in [7, 11) is 0. The minimum Gasteiger partial charge on any atom is -0.350 e. The van der Waals surface area contributed by atoms with E-state index < -0.39 is 6.04 Å². The lowest BCUT2D eigenvalue weighted by atomic mass is 9.92. The molecule has 2 atom stereocenters. The highest BCUT2D eigenvalue weighted by Crippen LogP contribution is 2.27. The Hall–Kier alpha value is -2.37. The van der Waals surface area contributed by atoms with Gasteiger partial charge in [0, 0.05) is 25.6 Å². The molecule has 1 fully saturated rings. The number of piperidine rings is 1. The number of nitrogens with zero attached hydrogens (tertiary/aromatic N) is 1. The molecule has 2 aliphatic rings. The lowest BCUT2D eigenvalue weighted by molar-refractivity contribution is -0.127. The summed E-state index contributed by atoms with van der Waals surface area (Å²) in [6.45, 7) is 2.16. The normalized spacial score (nSPS) is 21.7. The fourth-order valence-corrected chi connectivity index (χ4v) is 4.25. The van der Waals surface area contributed by atoms with Gasteiger partial charge >= 0.3 is 0 Å². The Morgan fingerprint density at radius 3 is 2.57 bits per heavy atom. The van der Waals surface area contributed by atoms with Crippen LogP contribution in [0, 0.1) is 0 Å². The van der Waals surface area contributed by atoms with Gasteiger partial charge in [0.1, 0.15) is 6.04 Å². The zero-order valence-corrected chi connectivity index (χ0v) is 16.4. The summed E-state index contributed by atoms with van der Waals surface area (Å²) in [5.41, 5.74) is 2.62. The second-order valence-electron chi connectivity index (χ2n) is 7.45. The molecule has 28 heavy (non-hydrogen) atoms. The molecule has 5 nitrogen and oxygen atoms in total. The average Bonchev–Trinajstić information content (AvgIpc) is 2.73. The number of amides is 2. The summed E-state index contributed by atoms with van der Waals surface area (Å²) < 4.78 is 0. The van der Waals surface area contributed by atoms with Crippen LogP contribution < -0.4 is 10.6 Å². The molecule has 2 aliphatic heterocycles. The van der Waals surface area contributed by atoms with Crippen LogP contribution in [-0.4, -0.2) is 41.9 Å². The van der Waals surface area contributed by atoms with E-state index in [2.05, 4.69) is 10.6 Å². The molecule has 0 bridgehead atoms. The van der Waals surface area contributed by atoms with E-state index >= 15 is 0 Å². The summed E-state index contributed by atoms with van der Waals surface area (Å²) >= 11 is 6.27. The van der Waals surface area contributed by atoms with E-state index in [0.717, 1.165) is 37.1 Å². The minimum atomic E-state index is -0.541. The molecule has 0 aliphatic carbocycles. The van der Waals surface area contributed by atoms with Crippen molar-refractivity contribution >= 4 is 23.4 Å². The SMILES string of the molecule is O=C(NC1CCCNC1)C1Cc2ccccc2CN1C(=O)c1ccccc1Cl. The van der Waals surface area contributed by atoms with Crippen molar-refractivity contribution in [2.75, 3.05) is 13.1 Å². The third kappa shape index (κ3) is 3.91. The van der Waals surface area contributed by atoms with Gasteiger partial charge in [0.25, 0.3) is 5.91 Å². The summed E-state index contributed by atoms with van der Waals surface area (Å²) in [4.78, 5) is 28.1. The Labute approximate surface area is 170 Å². The fraction of sp³-hybridized carbons (Fsp3) is 0.364. The number of fused-ring (bicyclic) bond motifs is 1. The monoisotopic (exact) mass is 397 g/mol. The smallest absolute Gasteiger partial charge is 0.256 e. The largest absolute Gasteiger partial charge is 0.350 e. The highest BCUT2D eigenvalue weighted by Gasteiger charge is 2.36. The van der Waals surface area contributed by atoms with E-state index in [1.54, 1.807) is 29.2 Å². The first kappa shape index (κ1) is 19.0. The Morgan fingerprint density at radius 1 is 1.07 bits per heavy atom. The van der Waals surface area contributed by atoms with Crippen LogP contribution in [0.15, 0.2) is 48.5 Å². The molecule has 0 spiro atoms. The first-order chi connectivity index (χ1) is 13.6. The predicted molar refractivity (Wildman–Crippen MR) is 109 cm³/mol. The number of hydrogen-bond acceptors (Lipinski definition) is 3. The van der Waals surface area contributed by atoms with Gasteiger partial charge in [-0.15, -0.1) is 0 Å². The maximum absolute atomic E-state index is 13.3. The van der Waals surface area contributed by atoms with Crippen molar-refractivity contribution in [3.05, 3.63) is 70.2 Å². The van der Waals surface area contributed by atoms with Crippen LogP contribution in [0.3, 0.4) is 0 Å². The van der Waals surface area contributed by atoms with Gasteiger partial charge in [-0.3, -0.25) is 9.59 Å². The molecule has 146 valence electrons. The van der Waals surface area contributed by atoms with Gasteiger partial charge in [0.2, 0.25) is 5.91 Å². The first-order valence-electron chi connectivity index (χ1n) is 9.77. The quantitative estimate of drug-likeness (QED) is 0.837. The number of nitrogens with one attached hydrogen (secondary N) is 2. The molecular weight excluding hydrogens is 374 g/mol. The van der Waals surface area contributed by atoms with E-state index in [4.69, 9.17) is 11.6 Å². The fourth-order valence-electron chi connectivity index (χ4n) is 4.03. The molecule has 4 rings (SSSR count). The number of halogens is 1. The molecular formula is C22H24ClN3O2. The zero-order valence-electron chi connectivity index (χ0n) is 15.7. The van der Waals surface area contributed by atoms with Crippen LogP contribution in [0.2, 0.25) is 5.02 Å².